The normalized spacial score (nSPS) is 23.0. The molecule has 0 saturated carbocycles. The molecule has 2 aliphatic rings. The zero-order valence-electron chi connectivity index (χ0n) is 13.0. The molecule has 0 aliphatic carbocycles. The number of nitrogens with two attached hydrogens (primary N) is 1. The molecule has 0 aromatic carbocycles. The van der Waals surface area contributed by atoms with Gasteiger partial charge >= 0.3 is 0 Å². The molecular formula is C14H25N7. The molecule has 2 N–H and O–H groups in total. The molecule has 0 radical (unpaired) electrons. The van der Waals surface area contributed by atoms with Crippen molar-refractivity contribution in [2.45, 2.75) is 19.3 Å². The van der Waals surface area contributed by atoms with Crippen molar-refractivity contribution in [3.05, 3.63) is 0 Å². The van der Waals surface area contributed by atoms with Crippen molar-refractivity contribution in [3.63, 3.8) is 0 Å². The average molecular weight is 291 g/mol. The molecule has 116 valence electrons. The minimum Gasteiger partial charge on any atom is -0.368 e. The number of rotatable bonds is 4. The van der Waals surface area contributed by atoms with E-state index in [2.05, 4.69) is 36.7 Å². The van der Waals surface area contributed by atoms with Crippen LogP contribution in [0.2, 0.25) is 0 Å². The fraction of sp³-hybridized carbons (Fsp3) is 0.786. The van der Waals surface area contributed by atoms with Gasteiger partial charge in [-0.05, 0) is 38.8 Å². The molecule has 1 aromatic rings. The molecule has 3 rings (SSSR count). The van der Waals surface area contributed by atoms with Gasteiger partial charge in [0.15, 0.2) is 0 Å². The topological polar surface area (TPSA) is 74.4 Å². The fourth-order valence-corrected chi connectivity index (χ4v) is 3.24. The Morgan fingerprint density at radius 3 is 2.62 bits per heavy atom. The third-order valence-corrected chi connectivity index (χ3v) is 4.38. The van der Waals surface area contributed by atoms with Crippen LogP contribution in [0.25, 0.3) is 0 Å². The maximum absolute atomic E-state index is 5.87. The van der Waals surface area contributed by atoms with Gasteiger partial charge in [0.1, 0.15) is 0 Å². The van der Waals surface area contributed by atoms with Gasteiger partial charge in [0, 0.05) is 33.2 Å². The molecular weight excluding hydrogens is 266 g/mol. The van der Waals surface area contributed by atoms with Crippen molar-refractivity contribution in [2.75, 3.05) is 62.4 Å². The third kappa shape index (κ3) is 3.34. The Kier molecular flexibility index (Phi) is 4.10. The van der Waals surface area contributed by atoms with Gasteiger partial charge in [-0.3, -0.25) is 0 Å². The first-order valence-electron chi connectivity index (χ1n) is 7.78. The molecule has 0 amide bonds. The number of aromatic nitrogens is 3. The van der Waals surface area contributed by atoms with Crippen LogP contribution in [0.3, 0.4) is 0 Å². The highest BCUT2D eigenvalue weighted by Gasteiger charge is 2.23. The summed E-state index contributed by atoms with van der Waals surface area (Å²) in [5.41, 5.74) is 5.87. The molecule has 3 heterocycles. The lowest BCUT2D eigenvalue weighted by atomic mass is 10.1. The quantitative estimate of drug-likeness (QED) is 0.863. The minimum atomic E-state index is 0.317. The minimum absolute atomic E-state index is 0.317. The highest BCUT2D eigenvalue weighted by molar-refractivity contribution is 5.43. The SMILES string of the molecule is CN1CCC(CN(C)c2nc(N)nc(N3CCCC3)n2)C1. The second kappa shape index (κ2) is 6.01. The molecule has 1 aromatic heterocycles. The smallest absolute Gasteiger partial charge is 0.231 e. The van der Waals surface area contributed by atoms with E-state index in [0.29, 0.717) is 17.8 Å². The van der Waals surface area contributed by atoms with Gasteiger partial charge in [-0.25, -0.2) is 0 Å². The highest BCUT2D eigenvalue weighted by atomic mass is 15.3. The van der Waals surface area contributed by atoms with Crippen LogP contribution in [0.1, 0.15) is 19.3 Å². The first-order chi connectivity index (χ1) is 10.1. The van der Waals surface area contributed by atoms with Crippen molar-refractivity contribution in [2.24, 2.45) is 5.92 Å². The Balaban J connectivity index is 1.71. The lowest BCUT2D eigenvalue weighted by molar-refractivity contribution is 0.395. The number of nitrogen functional groups attached to an aromatic ring is 1. The van der Waals surface area contributed by atoms with Gasteiger partial charge in [0.25, 0.3) is 0 Å². The molecule has 1 unspecified atom stereocenters. The summed E-state index contributed by atoms with van der Waals surface area (Å²) in [6.45, 7) is 5.31. The van der Waals surface area contributed by atoms with Gasteiger partial charge < -0.3 is 20.4 Å². The van der Waals surface area contributed by atoms with E-state index in [1.54, 1.807) is 0 Å². The lowest BCUT2D eigenvalue weighted by Gasteiger charge is -2.23. The standard InChI is InChI=1S/C14H25N7/c1-19-8-5-11(9-19)10-20(2)13-16-12(15)17-14(18-13)21-6-3-4-7-21/h11H,3-10H2,1-2H3,(H2,15,16,17,18). The first-order valence-corrected chi connectivity index (χ1v) is 7.78. The van der Waals surface area contributed by atoms with Gasteiger partial charge in [-0.1, -0.05) is 0 Å². The van der Waals surface area contributed by atoms with Gasteiger partial charge in [-0.2, -0.15) is 15.0 Å². The van der Waals surface area contributed by atoms with E-state index < -0.39 is 0 Å². The lowest BCUT2D eigenvalue weighted by Crippen LogP contribution is -2.30. The van der Waals surface area contributed by atoms with Crippen molar-refractivity contribution < 1.29 is 0 Å². The second-order valence-electron chi connectivity index (χ2n) is 6.29. The molecule has 0 spiro atoms. The van der Waals surface area contributed by atoms with Gasteiger partial charge in [-0.15, -0.1) is 0 Å². The third-order valence-electron chi connectivity index (χ3n) is 4.38. The van der Waals surface area contributed by atoms with Crippen LogP contribution < -0.4 is 15.5 Å². The average Bonchev–Trinajstić information content (AvgIpc) is 3.10. The summed E-state index contributed by atoms with van der Waals surface area (Å²) in [5.74, 6) is 2.41. The van der Waals surface area contributed by atoms with E-state index in [-0.39, 0.29) is 0 Å². The van der Waals surface area contributed by atoms with Crippen LogP contribution in [0.5, 0.6) is 0 Å². The van der Waals surface area contributed by atoms with E-state index >= 15 is 0 Å². The summed E-state index contributed by atoms with van der Waals surface area (Å²) in [7, 11) is 4.22. The second-order valence-corrected chi connectivity index (χ2v) is 6.29. The van der Waals surface area contributed by atoms with E-state index in [0.717, 1.165) is 32.1 Å². The summed E-state index contributed by atoms with van der Waals surface area (Å²) in [6, 6.07) is 0. The highest BCUT2D eigenvalue weighted by Crippen LogP contribution is 2.21. The van der Waals surface area contributed by atoms with E-state index in [4.69, 9.17) is 5.73 Å². The van der Waals surface area contributed by atoms with Crippen LogP contribution in [0.15, 0.2) is 0 Å². The molecule has 1 atom stereocenters. The summed E-state index contributed by atoms with van der Waals surface area (Å²) >= 11 is 0. The van der Waals surface area contributed by atoms with Crippen molar-refractivity contribution >= 4 is 17.8 Å². The van der Waals surface area contributed by atoms with Crippen molar-refractivity contribution in [1.29, 1.82) is 0 Å². The molecule has 2 aliphatic heterocycles. The van der Waals surface area contributed by atoms with E-state index in [1.165, 1.54) is 25.8 Å². The van der Waals surface area contributed by atoms with Crippen molar-refractivity contribution in [1.82, 2.24) is 19.9 Å². The number of nitrogens with zero attached hydrogens (tertiary/aromatic N) is 6. The van der Waals surface area contributed by atoms with Crippen LogP contribution in [-0.4, -0.2) is 66.7 Å². The molecule has 21 heavy (non-hydrogen) atoms. The molecule has 2 saturated heterocycles. The number of hydrogen-bond acceptors (Lipinski definition) is 7. The predicted molar refractivity (Wildman–Crippen MR) is 84.6 cm³/mol. The van der Waals surface area contributed by atoms with Crippen LogP contribution in [0, 0.1) is 5.92 Å². The van der Waals surface area contributed by atoms with Crippen LogP contribution in [-0.2, 0) is 0 Å². The van der Waals surface area contributed by atoms with E-state index in [1.807, 2.05) is 7.05 Å². The number of likely N-dealkylation sites (tertiary alicyclic amines) is 1. The molecule has 0 bridgehead atoms. The molecule has 7 heteroatoms. The Hall–Kier alpha value is -1.63. The van der Waals surface area contributed by atoms with Gasteiger partial charge in [0.05, 0.1) is 0 Å². The summed E-state index contributed by atoms with van der Waals surface area (Å²) in [4.78, 5) is 19.9. The Bertz CT molecular complexity index is 486. The Morgan fingerprint density at radius 2 is 1.95 bits per heavy atom. The molecule has 2 fully saturated rings. The summed E-state index contributed by atoms with van der Waals surface area (Å²) in [5, 5.41) is 0. The van der Waals surface area contributed by atoms with Crippen LogP contribution >= 0.6 is 0 Å². The predicted octanol–water partition coefficient (Wildman–Crippen LogP) is 0.442. The first kappa shape index (κ1) is 14.3. The maximum atomic E-state index is 5.87. The van der Waals surface area contributed by atoms with E-state index in [9.17, 15) is 0 Å². The summed E-state index contributed by atoms with van der Waals surface area (Å²) < 4.78 is 0. The van der Waals surface area contributed by atoms with Crippen molar-refractivity contribution in [3.8, 4) is 0 Å². The number of anilines is 3. The van der Waals surface area contributed by atoms with Gasteiger partial charge in [0.2, 0.25) is 17.8 Å². The maximum Gasteiger partial charge on any atom is 0.231 e. The molecule has 7 nitrogen and oxygen atoms in total. The monoisotopic (exact) mass is 291 g/mol. The fourth-order valence-electron chi connectivity index (χ4n) is 3.24. The zero-order valence-corrected chi connectivity index (χ0v) is 13.0. The largest absolute Gasteiger partial charge is 0.368 e. The zero-order chi connectivity index (χ0) is 14.8. The summed E-state index contributed by atoms with van der Waals surface area (Å²) in [6.07, 6.45) is 3.64. The Morgan fingerprint density at radius 1 is 1.19 bits per heavy atom. The Labute approximate surface area is 126 Å². The number of hydrogen-bond donors (Lipinski definition) is 1. The van der Waals surface area contributed by atoms with Crippen LogP contribution in [0.4, 0.5) is 17.8 Å².